The molecule has 0 bridgehead atoms. The third-order valence-electron chi connectivity index (χ3n) is 5.05. The third-order valence-corrected chi connectivity index (χ3v) is 5.05. The Morgan fingerprint density at radius 3 is 3.00 bits per heavy atom. The molecule has 1 aliphatic heterocycles. The monoisotopic (exact) mass is 318 g/mol. The number of rotatable bonds is 2. The molecule has 3 rings (SSSR count). The number of urea groups is 1. The van der Waals surface area contributed by atoms with E-state index in [-0.39, 0.29) is 30.2 Å². The first kappa shape index (κ1) is 16.3. The predicted molar refractivity (Wildman–Crippen MR) is 88.4 cm³/mol. The number of aliphatic hydroxyl groups excluding tert-OH is 1. The summed E-state index contributed by atoms with van der Waals surface area (Å²) in [5.41, 5.74) is 2.70. The normalized spacial score (nSPS) is 26.5. The maximum absolute atomic E-state index is 12.6. The molecule has 1 aromatic rings. The zero-order valence-corrected chi connectivity index (χ0v) is 13.9. The summed E-state index contributed by atoms with van der Waals surface area (Å²) in [7, 11) is 0. The summed E-state index contributed by atoms with van der Waals surface area (Å²) >= 11 is 0. The number of fused-ring (bicyclic) bond motifs is 1. The number of nitrogens with zero attached hydrogens (tertiary/aromatic N) is 1. The van der Waals surface area contributed by atoms with Crippen molar-refractivity contribution in [3.05, 3.63) is 35.4 Å². The quantitative estimate of drug-likeness (QED) is 0.879. The van der Waals surface area contributed by atoms with E-state index < -0.39 is 0 Å². The highest BCUT2D eigenvalue weighted by Gasteiger charge is 2.34. The minimum absolute atomic E-state index is 0.0514. The molecule has 0 aromatic heterocycles. The highest BCUT2D eigenvalue weighted by molar-refractivity contribution is 5.75. The van der Waals surface area contributed by atoms with Crippen LogP contribution in [0.25, 0.3) is 0 Å². The largest absolute Gasteiger partial charge is 0.394 e. The zero-order chi connectivity index (χ0) is 16.4. The van der Waals surface area contributed by atoms with Crippen molar-refractivity contribution in [2.45, 2.75) is 44.2 Å². The van der Waals surface area contributed by atoms with Crippen LogP contribution in [0, 0.1) is 0 Å². The summed E-state index contributed by atoms with van der Waals surface area (Å²) in [6.45, 7) is 5.97. The van der Waals surface area contributed by atoms with Gasteiger partial charge in [-0.1, -0.05) is 38.1 Å². The third kappa shape index (κ3) is 3.35. The number of ether oxygens (including phenoxy) is 1. The van der Waals surface area contributed by atoms with E-state index in [2.05, 4.69) is 37.4 Å². The van der Waals surface area contributed by atoms with Crippen LogP contribution in [0.5, 0.6) is 0 Å². The molecule has 2 unspecified atom stereocenters. The Balaban J connectivity index is 1.72. The highest BCUT2D eigenvalue weighted by atomic mass is 16.5. The smallest absolute Gasteiger partial charge is 0.318 e. The lowest BCUT2D eigenvalue weighted by molar-refractivity contribution is -0.0405. The standard InChI is InChI=1S/C18H26N2O3/c1-18(2)8-7-16(14-5-3-4-6-15(14)18)19-17(22)20-9-10-23-13(11-20)12-21/h3-6,13,16,21H,7-12H2,1-2H3,(H,19,22). The van der Waals surface area contributed by atoms with Crippen molar-refractivity contribution in [1.29, 1.82) is 0 Å². The molecule has 5 nitrogen and oxygen atoms in total. The van der Waals surface area contributed by atoms with Crippen LogP contribution in [-0.2, 0) is 10.2 Å². The van der Waals surface area contributed by atoms with Gasteiger partial charge in [0, 0.05) is 6.54 Å². The molecule has 0 radical (unpaired) electrons. The zero-order valence-electron chi connectivity index (χ0n) is 13.9. The van der Waals surface area contributed by atoms with E-state index in [1.807, 2.05) is 6.07 Å². The van der Waals surface area contributed by atoms with E-state index in [1.165, 1.54) is 11.1 Å². The number of nitrogens with one attached hydrogen (secondary N) is 1. The lowest BCUT2D eigenvalue weighted by Crippen LogP contribution is -2.51. The van der Waals surface area contributed by atoms with Crippen molar-refractivity contribution in [3.8, 4) is 0 Å². The Morgan fingerprint density at radius 2 is 2.22 bits per heavy atom. The van der Waals surface area contributed by atoms with Crippen molar-refractivity contribution in [2.24, 2.45) is 0 Å². The maximum atomic E-state index is 12.6. The van der Waals surface area contributed by atoms with Gasteiger partial charge in [0.1, 0.15) is 0 Å². The van der Waals surface area contributed by atoms with Gasteiger partial charge in [0.15, 0.2) is 0 Å². The van der Waals surface area contributed by atoms with Crippen LogP contribution in [0.1, 0.15) is 43.9 Å². The maximum Gasteiger partial charge on any atom is 0.318 e. The highest BCUT2D eigenvalue weighted by Crippen LogP contribution is 2.41. The summed E-state index contributed by atoms with van der Waals surface area (Å²) in [6.07, 6.45) is 1.73. The number of morpholine rings is 1. The molecule has 0 saturated carbocycles. The fourth-order valence-electron chi connectivity index (χ4n) is 3.62. The molecule has 1 heterocycles. The molecule has 0 spiro atoms. The van der Waals surface area contributed by atoms with E-state index in [4.69, 9.17) is 4.74 Å². The molecule has 2 atom stereocenters. The Morgan fingerprint density at radius 1 is 1.43 bits per heavy atom. The van der Waals surface area contributed by atoms with Crippen LogP contribution in [0.4, 0.5) is 4.79 Å². The van der Waals surface area contributed by atoms with Crippen LogP contribution in [0.15, 0.2) is 24.3 Å². The predicted octanol–water partition coefficient (Wildman–Crippen LogP) is 2.20. The molecule has 5 heteroatoms. The number of aliphatic hydroxyl groups is 1. The van der Waals surface area contributed by atoms with Crippen LogP contribution >= 0.6 is 0 Å². The van der Waals surface area contributed by atoms with Gasteiger partial charge in [-0.05, 0) is 29.4 Å². The molecular formula is C18H26N2O3. The Hall–Kier alpha value is -1.59. The Kier molecular flexibility index (Phi) is 4.60. The minimum atomic E-state index is -0.271. The fourth-order valence-corrected chi connectivity index (χ4v) is 3.62. The lowest BCUT2D eigenvalue weighted by atomic mass is 9.71. The number of carbonyl (C=O) groups excluding carboxylic acids is 1. The lowest BCUT2D eigenvalue weighted by Gasteiger charge is -2.39. The topological polar surface area (TPSA) is 61.8 Å². The molecule has 1 aromatic carbocycles. The Labute approximate surface area is 137 Å². The molecule has 2 N–H and O–H groups in total. The van der Waals surface area contributed by atoms with E-state index >= 15 is 0 Å². The second-order valence-electron chi connectivity index (χ2n) is 7.13. The van der Waals surface area contributed by atoms with E-state index in [9.17, 15) is 9.90 Å². The van der Waals surface area contributed by atoms with Gasteiger partial charge in [-0.3, -0.25) is 0 Å². The number of carbonyl (C=O) groups is 1. The van der Waals surface area contributed by atoms with Crippen molar-refractivity contribution >= 4 is 6.03 Å². The fraction of sp³-hybridized carbons (Fsp3) is 0.611. The Bertz CT molecular complexity index is 573. The van der Waals surface area contributed by atoms with Crippen LogP contribution in [0.2, 0.25) is 0 Å². The summed E-state index contributed by atoms with van der Waals surface area (Å²) < 4.78 is 5.41. The van der Waals surface area contributed by atoms with E-state index in [0.29, 0.717) is 19.7 Å². The second-order valence-corrected chi connectivity index (χ2v) is 7.13. The molecular weight excluding hydrogens is 292 g/mol. The van der Waals surface area contributed by atoms with Gasteiger partial charge in [-0.2, -0.15) is 0 Å². The summed E-state index contributed by atoms with van der Waals surface area (Å²) in [5.74, 6) is 0. The first-order valence-electron chi connectivity index (χ1n) is 8.38. The minimum Gasteiger partial charge on any atom is -0.394 e. The molecule has 1 fully saturated rings. The summed E-state index contributed by atoms with van der Waals surface area (Å²) in [6, 6.07) is 8.39. The van der Waals surface area contributed by atoms with Gasteiger partial charge in [-0.15, -0.1) is 0 Å². The van der Waals surface area contributed by atoms with Crippen LogP contribution < -0.4 is 5.32 Å². The molecule has 2 aliphatic rings. The van der Waals surface area contributed by atoms with Gasteiger partial charge < -0.3 is 20.1 Å². The van der Waals surface area contributed by atoms with E-state index in [0.717, 1.165) is 12.8 Å². The van der Waals surface area contributed by atoms with Gasteiger partial charge in [0.05, 0.1) is 31.9 Å². The molecule has 126 valence electrons. The first-order valence-corrected chi connectivity index (χ1v) is 8.38. The molecule has 1 saturated heterocycles. The van der Waals surface area contributed by atoms with Crippen molar-refractivity contribution in [3.63, 3.8) is 0 Å². The first-order chi connectivity index (χ1) is 11.0. The van der Waals surface area contributed by atoms with Crippen molar-refractivity contribution < 1.29 is 14.6 Å². The molecule has 1 aliphatic carbocycles. The molecule has 2 amide bonds. The van der Waals surface area contributed by atoms with Crippen molar-refractivity contribution in [1.82, 2.24) is 10.2 Å². The van der Waals surface area contributed by atoms with Gasteiger partial charge in [-0.25, -0.2) is 4.79 Å². The SMILES string of the molecule is CC1(C)CCC(NC(=O)N2CCOC(CO)C2)c2ccccc21. The summed E-state index contributed by atoms with van der Waals surface area (Å²) in [5, 5.41) is 12.4. The number of hydrogen-bond donors (Lipinski definition) is 2. The number of hydrogen-bond acceptors (Lipinski definition) is 3. The van der Waals surface area contributed by atoms with E-state index in [1.54, 1.807) is 4.90 Å². The van der Waals surface area contributed by atoms with Crippen molar-refractivity contribution in [2.75, 3.05) is 26.3 Å². The number of benzene rings is 1. The van der Waals surface area contributed by atoms with Gasteiger partial charge >= 0.3 is 6.03 Å². The summed E-state index contributed by atoms with van der Waals surface area (Å²) in [4.78, 5) is 14.3. The van der Waals surface area contributed by atoms with Crippen LogP contribution in [-0.4, -0.2) is 48.4 Å². The van der Waals surface area contributed by atoms with Gasteiger partial charge in [0.2, 0.25) is 0 Å². The second kappa shape index (κ2) is 6.49. The van der Waals surface area contributed by atoms with Crippen LogP contribution in [0.3, 0.4) is 0 Å². The average molecular weight is 318 g/mol. The molecule has 23 heavy (non-hydrogen) atoms. The number of amides is 2. The average Bonchev–Trinajstić information content (AvgIpc) is 2.57. The van der Waals surface area contributed by atoms with Gasteiger partial charge in [0.25, 0.3) is 0 Å².